The quantitative estimate of drug-likeness (QED) is 0.383. The van der Waals surface area contributed by atoms with Gasteiger partial charge in [0.2, 0.25) is 0 Å². The van der Waals surface area contributed by atoms with Gasteiger partial charge in [0.05, 0.1) is 6.34 Å². The lowest BCUT2D eigenvalue weighted by Gasteiger charge is -2.20. The topological polar surface area (TPSA) is 53.1 Å². The van der Waals surface area contributed by atoms with Crippen molar-refractivity contribution in [1.82, 2.24) is 4.90 Å². The molecule has 0 saturated heterocycles. The van der Waals surface area contributed by atoms with Crippen LogP contribution >= 0.6 is 0 Å². The van der Waals surface area contributed by atoms with Gasteiger partial charge in [-0.3, -0.25) is 5.41 Å². The summed E-state index contributed by atoms with van der Waals surface area (Å²) in [6, 6.07) is 0. The largest absolute Gasteiger partial charge is 0.332 e. The summed E-state index contributed by atoms with van der Waals surface area (Å²) in [5.41, 5.74) is 8.29. The first kappa shape index (κ1) is 15.1. The number of nitrogens with zero attached hydrogens (tertiary/aromatic N) is 1. The first-order valence-corrected chi connectivity index (χ1v) is 5.36. The molecule has 0 radical (unpaired) electrons. The van der Waals surface area contributed by atoms with Crippen molar-refractivity contribution >= 4 is 6.34 Å². The Morgan fingerprint density at radius 2 is 2.06 bits per heavy atom. The van der Waals surface area contributed by atoms with Gasteiger partial charge in [-0.05, 0) is 12.5 Å². The lowest BCUT2D eigenvalue weighted by molar-refractivity contribution is 0.564. The average molecular weight is 231 g/mol. The second kappa shape index (κ2) is 8.30. The maximum absolute atomic E-state index is 7.32. The van der Waals surface area contributed by atoms with E-state index < -0.39 is 0 Å². The molecule has 0 spiro atoms. The van der Waals surface area contributed by atoms with Crippen molar-refractivity contribution in [3.8, 4) is 0 Å². The van der Waals surface area contributed by atoms with E-state index in [1.165, 1.54) is 6.34 Å². The number of nitrogens with two attached hydrogens (primary N) is 1. The van der Waals surface area contributed by atoms with Crippen LogP contribution < -0.4 is 5.73 Å². The maximum Gasteiger partial charge on any atom is 0.0862 e. The molecule has 0 aliphatic rings. The highest BCUT2D eigenvalue weighted by molar-refractivity contribution is 5.55. The summed E-state index contributed by atoms with van der Waals surface area (Å²) in [4.78, 5) is 1.69. The average Bonchev–Trinajstić information content (AvgIpc) is 2.33. The first-order valence-electron chi connectivity index (χ1n) is 5.36. The van der Waals surface area contributed by atoms with Gasteiger partial charge in [0.15, 0.2) is 0 Å². The minimum Gasteiger partial charge on any atom is -0.332 e. The Morgan fingerprint density at radius 3 is 2.47 bits per heavy atom. The molecule has 3 heteroatoms. The highest BCUT2D eigenvalue weighted by Gasteiger charge is 2.04. The Labute approximate surface area is 104 Å². The molecule has 0 amide bonds. The SMILES string of the molecule is C=C/C=C(C)\C=C(/C=C)CN(C=N)C(=C)CN. The lowest BCUT2D eigenvalue weighted by atomic mass is 10.1. The molecule has 0 fully saturated rings. The normalized spacial score (nSPS) is 11.9. The summed E-state index contributed by atoms with van der Waals surface area (Å²) in [6.45, 7) is 14.1. The molecule has 3 N–H and O–H groups in total. The molecule has 0 unspecified atom stereocenters. The van der Waals surface area contributed by atoms with Crippen molar-refractivity contribution < 1.29 is 0 Å². The van der Waals surface area contributed by atoms with Gasteiger partial charge < -0.3 is 10.6 Å². The van der Waals surface area contributed by atoms with Crippen molar-refractivity contribution in [3.63, 3.8) is 0 Å². The van der Waals surface area contributed by atoms with Crippen LogP contribution in [0, 0.1) is 5.41 Å². The molecule has 0 rings (SSSR count). The van der Waals surface area contributed by atoms with Crippen LogP contribution in [-0.4, -0.2) is 24.3 Å². The molecule has 3 nitrogen and oxygen atoms in total. The Morgan fingerprint density at radius 1 is 1.41 bits per heavy atom. The molecule has 0 aliphatic carbocycles. The molecule has 0 aliphatic heterocycles. The van der Waals surface area contributed by atoms with Crippen LogP contribution in [-0.2, 0) is 0 Å². The Bertz CT molecular complexity index is 362. The van der Waals surface area contributed by atoms with Crippen LogP contribution in [0.15, 0.2) is 60.9 Å². The fourth-order valence-electron chi connectivity index (χ4n) is 1.26. The lowest BCUT2D eigenvalue weighted by Crippen LogP contribution is -2.26. The van der Waals surface area contributed by atoms with Crippen molar-refractivity contribution in [2.75, 3.05) is 13.1 Å². The summed E-state index contributed by atoms with van der Waals surface area (Å²) < 4.78 is 0. The van der Waals surface area contributed by atoms with Gasteiger partial charge in [-0.2, -0.15) is 0 Å². The van der Waals surface area contributed by atoms with Crippen LogP contribution in [0.1, 0.15) is 6.92 Å². The molecule has 0 heterocycles. The van der Waals surface area contributed by atoms with Crippen LogP contribution in [0.5, 0.6) is 0 Å². The molecular weight excluding hydrogens is 210 g/mol. The summed E-state index contributed by atoms with van der Waals surface area (Å²) in [5, 5.41) is 7.32. The Balaban J connectivity index is 4.85. The highest BCUT2D eigenvalue weighted by Crippen LogP contribution is 2.08. The molecule has 0 aromatic heterocycles. The molecule has 0 atom stereocenters. The molecule has 92 valence electrons. The van der Waals surface area contributed by atoms with Gasteiger partial charge in [0, 0.05) is 18.8 Å². The summed E-state index contributed by atoms with van der Waals surface area (Å²) in [7, 11) is 0. The zero-order valence-corrected chi connectivity index (χ0v) is 10.4. The molecule has 0 aromatic carbocycles. The third-order valence-corrected chi connectivity index (χ3v) is 2.21. The predicted molar refractivity (Wildman–Crippen MR) is 75.9 cm³/mol. The third kappa shape index (κ3) is 5.68. The monoisotopic (exact) mass is 231 g/mol. The van der Waals surface area contributed by atoms with Gasteiger partial charge in [0.1, 0.15) is 0 Å². The van der Waals surface area contributed by atoms with Gasteiger partial charge in [0.25, 0.3) is 0 Å². The third-order valence-electron chi connectivity index (χ3n) is 2.21. The summed E-state index contributed by atoms with van der Waals surface area (Å²) >= 11 is 0. The smallest absolute Gasteiger partial charge is 0.0862 e. The van der Waals surface area contributed by atoms with Gasteiger partial charge in [-0.25, -0.2) is 0 Å². The Kier molecular flexibility index (Phi) is 7.39. The van der Waals surface area contributed by atoms with Crippen molar-refractivity contribution in [1.29, 1.82) is 5.41 Å². The van der Waals surface area contributed by atoms with E-state index in [9.17, 15) is 0 Å². The minimum atomic E-state index is 0.335. The van der Waals surface area contributed by atoms with E-state index in [-0.39, 0.29) is 0 Å². The van der Waals surface area contributed by atoms with Gasteiger partial charge in [-0.15, -0.1) is 0 Å². The second-order valence-corrected chi connectivity index (χ2v) is 3.60. The zero-order valence-electron chi connectivity index (χ0n) is 10.4. The van der Waals surface area contributed by atoms with E-state index in [0.29, 0.717) is 18.8 Å². The fraction of sp³-hybridized carbons (Fsp3) is 0.214. The zero-order chi connectivity index (χ0) is 13.3. The highest BCUT2D eigenvalue weighted by atomic mass is 15.1. The van der Waals surface area contributed by atoms with Crippen LogP contribution in [0.25, 0.3) is 0 Å². The predicted octanol–water partition coefficient (Wildman–Crippen LogP) is 2.61. The van der Waals surface area contributed by atoms with E-state index in [0.717, 1.165) is 11.1 Å². The molecule has 0 saturated carbocycles. The molecule has 0 aromatic rings. The van der Waals surface area contributed by atoms with Crippen LogP contribution in [0.4, 0.5) is 0 Å². The van der Waals surface area contributed by atoms with E-state index in [2.05, 4.69) is 19.7 Å². The van der Waals surface area contributed by atoms with E-state index in [1.54, 1.807) is 17.1 Å². The van der Waals surface area contributed by atoms with Gasteiger partial charge in [-0.1, -0.05) is 49.6 Å². The number of nitrogens with one attached hydrogen (secondary N) is 1. The van der Waals surface area contributed by atoms with E-state index in [4.69, 9.17) is 11.1 Å². The summed E-state index contributed by atoms with van der Waals surface area (Å²) in [5.74, 6) is 0. The number of rotatable bonds is 8. The summed E-state index contributed by atoms with van der Waals surface area (Å²) in [6.07, 6.45) is 8.63. The van der Waals surface area contributed by atoms with Crippen LogP contribution in [0.2, 0.25) is 0 Å². The van der Waals surface area contributed by atoms with Crippen molar-refractivity contribution in [2.24, 2.45) is 5.73 Å². The second-order valence-electron chi connectivity index (χ2n) is 3.60. The number of hydrogen-bond donors (Lipinski definition) is 2. The van der Waals surface area contributed by atoms with Gasteiger partial charge >= 0.3 is 0 Å². The van der Waals surface area contributed by atoms with Crippen LogP contribution in [0.3, 0.4) is 0 Å². The van der Waals surface area contributed by atoms with Crippen molar-refractivity contribution in [3.05, 3.63) is 60.9 Å². The number of allylic oxidation sites excluding steroid dienone is 4. The van der Waals surface area contributed by atoms with E-state index in [1.807, 2.05) is 19.1 Å². The minimum absolute atomic E-state index is 0.335. The standard InChI is InChI=1S/C14H21N3/c1-5-7-12(3)8-14(6-2)10-17(11-16)13(4)9-15/h5-8,11,16H,1-2,4,9-10,15H2,3H3/b12-7-,14-8+,16-11?. The van der Waals surface area contributed by atoms with E-state index >= 15 is 0 Å². The molecular formula is C14H21N3. The number of hydrogen-bond acceptors (Lipinski definition) is 2. The molecule has 17 heavy (non-hydrogen) atoms. The maximum atomic E-state index is 7.32. The molecule has 0 bridgehead atoms. The fourth-order valence-corrected chi connectivity index (χ4v) is 1.26. The Hall–Kier alpha value is -1.87. The van der Waals surface area contributed by atoms with Crippen molar-refractivity contribution in [2.45, 2.75) is 6.92 Å². The first-order chi connectivity index (χ1) is 8.08.